The molecule has 0 aliphatic heterocycles. The molecule has 0 aliphatic carbocycles. The maximum atomic E-state index is 14.1. The van der Waals surface area contributed by atoms with Gasteiger partial charge < -0.3 is 15.0 Å². The van der Waals surface area contributed by atoms with E-state index in [1.54, 1.807) is 36.4 Å². The van der Waals surface area contributed by atoms with E-state index in [-0.39, 0.29) is 23.3 Å². The third-order valence-electron chi connectivity index (χ3n) is 6.80. The number of benzene rings is 3. The number of hydrogen-bond donors (Lipinski definition) is 1. The maximum Gasteiger partial charge on any atom is 0.264 e. The zero-order valence-electron chi connectivity index (χ0n) is 24.5. The number of hydrogen-bond acceptors (Lipinski definition) is 5. The van der Waals surface area contributed by atoms with Gasteiger partial charge in [-0.25, -0.2) is 8.42 Å². The molecule has 8 nitrogen and oxygen atoms in total. The summed E-state index contributed by atoms with van der Waals surface area (Å²) in [4.78, 5) is 28.9. The molecule has 0 saturated carbocycles. The molecule has 0 spiro atoms. The minimum absolute atomic E-state index is 0.0317. The fourth-order valence-electron chi connectivity index (χ4n) is 4.43. The van der Waals surface area contributed by atoms with E-state index in [1.807, 2.05) is 58.0 Å². The van der Waals surface area contributed by atoms with Gasteiger partial charge in [0, 0.05) is 13.1 Å². The lowest BCUT2D eigenvalue weighted by atomic mass is 10.1. The number of carbonyl (C=O) groups excluding carboxylic acids is 2. The van der Waals surface area contributed by atoms with Crippen molar-refractivity contribution in [3.05, 3.63) is 90.0 Å². The molecule has 0 fully saturated rings. The topological polar surface area (TPSA) is 96.0 Å². The first-order valence-electron chi connectivity index (χ1n) is 13.9. The third-order valence-corrected chi connectivity index (χ3v) is 8.59. The number of nitrogens with one attached hydrogen (secondary N) is 1. The van der Waals surface area contributed by atoms with Gasteiger partial charge in [-0.1, -0.05) is 68.8 Å². The Labute approximate surface area is 244 Å². The highest BCUT2D eigenvalue weighted by Crippen LogP contribution is 2.26. The van der Waals surface area contributed by atoms with Crippen molar-refractivity contribution in [3.63, 3.8) is 0 Å². The lowest BCUT2D eigenvalue weighted by Gasteiger charge is -2.33. The molecule has 3 aromatic rings. The molecule has 0 aromatic heterocycles. The van der Waals surface area contributed by atoms with Crippen LogP contribution in [0.1, 0.15) is 38.3 Å². The van der Waals surface area contributed by atoms with Crippen molar-refractivity contribution in [3.8, 4) is 5.75 Å². The van der Waals surface area contributed by atoms with Crippen LogP contribution in [-0.4, -0.2) is 57.9 Å². The van der Waals surface area contributed by atoms with E-state index in [2.05, 4.69) is 5.32 Å². The highest BCUT2D eigenvalue weighted by molar-refractivity contribution is 7.92. The van der Waals surface area contributed by atoms with Crippen molar-refractivity contribution in [2.24, 2.45) is 5.92 Å². The van der Waals surface area contributed by atoms with Crippen molar-refractivity contribution in [1.29, 1.82) is 0 Å². The standard InChI is InChI=1S/C32H41N3O5S/c1-6-30(32(37)33-22-24(2)3)34(21-20-26-10-8-7-9-11-26)31(36)23-35(27-14-12-25(4)13-15-27)41(38,39)29-18-16-28(40-5)17-19-29/h7-19,24,30H,6,20-23H2,1-5H3,(H,33,37)/t30-/m0/s1. The number of carbonyl (C=O) groups is 2. The average Bonchev–Trinajstić information content (AvgIpc) is 2.97. The molecule has 0 heterocycles. The summed E-state index contributed by atoms with van der Waals surface area (Å²) in [5.74, 6) is 0.0661. The zero-order chi connectivity index (χ0) is 30.0. The van der Waals surface area contributed by atoms with E-state index in [9.17, 15) is 18.0 Å². The quantitative estimate of drug-likeness (QED) is 0.295. The zero-order valence-corrected chi connectivity index (χ0v) is 25.4. The Bertz CT molecular complexity index is 1380. The van der Waals surface area contributed by atoms with Crippen LogP contribution in [0.2, 0.25) is 0 Å². The molecule has 0 aliphatic rings. The monoisotopic (exact) mass is 579 g/mol. The van der Waals surface area contributed by atoms with Crippen LogP contribution in [0.5, 0.6) is 5.75 Å². The molecule has 1 atom stereocenters. The van der Waals surface area contributed by atoms with Crippen molar-refractivity contribution in [2.45, 2.75) is 51.5 Å². The van der Waals surface area contributed by atoms with Gasteiger partial charge in [0.15, 0.2) is 0 Å². The molecule has 3 rings (SSSR count). The van der Waals surface area contributed by atoms with Crippen LogP contribution in [0.3, 0.4) is 0 Å². The van der Waals surface area contributed by atoms with Gasteiger partial charge in [0.05, 0.1) is 17.7 Å². The number of methoxy groups -OCH3 is 1. The highest BCUT2D eigenvalue weighted by Gasteiger charge is 2.33. The number of sulfonamides is 1. The predicted molar refractivity (Wildman–Crippen MR) is 162 cm³/mol. The Balaban J connectivity index is 1.99. The first kappa shape index (κ1) is 31.7. The van der Waals surface area contributed by atoms with Gasteiger partial charge in [0.2, 0.25) is 11.8 Å². The van der Waals surface area contributed by atoms with E-state index in [0.29, 0.717) is 30.8 Å². The van der Waals surface area contributed by atoms with Crippen LogP contribution in [0.25, 0.3) is 0 Å². The molecule has 9 heteroatoms. The van der Waals surface area contributed by atoms with Crippen molar-refractivity contribution < 1.29 is 22.7 Å². The molecule has 0 bridgehead atoms. The van der Waals surface area contributed by atoms with E-state index in [4.69, 9.17) is 4.74 Å². The van der Waals surface area contributed by atoms with Gasteiger partial charge in [-0.3, -0.25) is 13.9 Å². The van der Waals surface area contributed by atoms with Gasteiger partial charge in [-0.05, 0) is 67.6 Å². The smallest absolute Gasteiger partial charge is 0.264 e. The van der Waals surface area contributed by atoms with Gasteiger partial charge >= 0.3 is 0 Å². The number of aryl methyl sites for hydroxylation is 1. The summed E-state index contributed by atoms with van der Waals surface area (Å²) < 4.78 is 34.2. The molecule has 3 aromatic carbocycles. The first-order chi connectivity index (χ1) is 19.6. The van der Waals surface area contributed by atoms with Crippen LogP contribution in [0, 0.1) is 12.8 Å². The summed E-state index contributed by atoms with van der Waals surface area (Å²) in [6.45, 7) is 8.06. The molecular formula is C32H41N3O5S. The number of rotatable bonds is 14. The fraction of sp³-hybridized carbons (Fsp3) is 0.375. The van der Waals surface area contributed by atoms with Gasteiger partial charge in [-0.2, -0.15) is 0 Å². The van der Waals surface area contributed by atoms with Gasteiger partial charge in [-0.15, -0.1) is 0 Å². The summed E-state index contributed by atoms with van der Waals surface area (Å²) in [6.07, 6.45) is 0.913. The van der Waals surface area contributed by atoms with Gasteiger partial charge in [0.25, 0.3) is 10.0 Å². The van der Waals surface area contributed by atoms with Crippen LogP contribution in [0.15, 0.2) is 83.8 Å². The highest BCUT2D eigenvalue weighted by atomic mass is 32.2. The van der Waals surface area contributed by atoms with Crippen molar-refractivity contribution >= 4 is 27.5 Å². The van der Waals surface area contributed by atoms with Crippen molar-refractivity contribution in [1.82, 2.24) is 10.2 Å². The maximum absolute atomic E-state index is 14.1. The van der Waals surface area contributed by atoms with E-state index in [0.717, 1.165) is 15.4 Å². The second-order valence-corrected chi connectivity index (χ2v) is 12.3. The molecule has 41 heavy (non-hydrogen) atoms. The summed E-state index contributed by atoms with van der Waals surface area (Å²) >= 11 is 0. The fourth-order valence-corrected chi connectivity index (χ4v) is 5.85. The Morgan fingerprint density at radius 2 is 1.56 bits per heavy atom. The largest absolute Gasteiger partial charge is 0.497 e. The number of ether oxygens (including phenoxy) is 1. The van der Waals surface area contributed by atoms with E-state index >= 15 is 0 Å². The number of nitrogens with zero attached hydrogens (tertiary/aromatic N) is 2. The van der Waals surface area contributed by atoms with Crippen LogP contribution < -0.4 is 14.4 Å². The Morgan fingerprint density at radius 3 is 2.12 bits per heavy atom. The average molecular weight is 580 g/mol. The third kappa shape index (κ3) is 8.57. The summed E-state index contributed by atoms with van der Waals surface area (Å²) in [7, 11) is -2.63. The van der Waals surface area contributed by atoms with Gasteiger partial charge in [0.1, 0.15) is 18.3 Å². The molecular weight excluding hydrogens is 538 g/mol. The Kier molecular flexibility index (Phi) is 11.3. The van der Waals surface area contributed by atoms with Crippen molar-refractivity contribution in [2.75, 3.05) is 31.0 Å². The minimum atomic E-state index is -4.13. The molecule has 1 N–H and O–H groups in total. The SMILES string of the molecule is CC[C@@H](C(=O)NCC(C)C)N(CCc1ccccc1)C(=O)CN(c1ccc(C)cc1)S(=O)(=O)c1ccc(OC)cc1. The summed E-state index contributed by atoms with van der Waals surface area (Å²) in [5, 5.41) is 2.95. The summed E-state index contributed by atoms with van der Waals surface area (Å²) in [6, 6.07) is 22.0. The van der Waals surface area contributed by atoms with E-state index in [1.165, 1.54) is 24.1 Å². The first-order valence-corrected chi connectivity index (χ1v) is 15.3. The lowest BCUT2D eigenvalue weighted by molar-refractivity contribution is -0.139. The molecule has 0 unspecified atom stereocenters. The molecule has 220 valence electrons. The van der Waals surface area contributed by atoms with Crippen LogP contribution in [-0.2, 0) is 26.0 Å². The second-order valence-electron chi connectivity index (χ2n) is 10.4. The molecule has 2 amide bonds. The predicted octanol–water partition coefficient (Wildman–Crippen LogP) is 4.82. The van der Waals surface area contributed by atoms with E-state index < -0.39 is 28.5 Å². The second kappa shape index (κ2) is 14.7. The lowest BCUT2D eigenvalue weighted by Crippen LogP contribution is -2.53. The number of amides is 2. The minimum Gasteiger partial charge on any atom is -0.497 e. The Hall–Kier alpha value is -3.85. The molecule has 0 radical (unpaired) electrons. The summed E-state index contributed by atoms with van der Waals surface area (Å²) in [5.41, 5.74) is 2.34. The van der Waals surface area contributed by atoms with Crippen LogP contribution in [0.4, 0.5) is 5.69 Å². The number of anilines is 1. The molecule has 0 saturated heterocycles. The normalized spacial score (nSPS) is 12.0. The Morgan fingerprint density at radius 1 is 0.927 bits per heavy atom. The van der Waals surface area contributed by atoms with Crippen LogP contribution >= 0.6 is 0 Å².